The number of allylic oxidation sites excluding steroid dienone is 1. The lowest BCUT2D eigenvalue weighted by molar-refractivity contribution is -0.241. The minimum Gasteiger partial charge on any atom is -0.388 e. The number of hydrogen-bond acceptors (Lipinski definition) is 3. The molecule has 2 rings (SSSR count). The minimum atomic E-state index is -0.616. The van der Waals surface area contributed by atoms with Crippen molar-refractivity contribution in [2.75, 3.05) is 13.2 Å². The molecule has 3 heteroatoms. The van der Waals surface area contributed by atoms with Gasteiger partial charge < -0.3 is 14.6 Å². The SMILES string of the molecule is C=CC[C@@]1([C@@H](O)C=C)CCCC12OCCO2. The van der Waals surface area contributed by atoms with Crippen LogP contribution in [-0.4, -0.2) is 30.2 Å². The molecule has 0 bridgehead atoms. The molecule has 2 fully saturated rings. The molecule has 0 aromatic heterocycles. The summed E-state index contributed by atoms with van der Waals surface area (Å²) in [5, 5.41) is 10.2. The first kappa shape index (κ1) is 11.8. The van der Waals surface area contributed by atoms with E-state index in [1.54, 1.807) is 6.08 Å². The Balaban J connectivity index is 2.35. The summed E-state index contributed by atoms with van der Waals surface area (Å²) in [6, 6.07) is 0. The molecule has 16 heavy (non-hydrogen) atoms. The normalized spacial score (nSPS) is 34.1. The first-order chi connectivity index (χ1) is 7.71. The maximum Gasteiger partial charge on any atom is 0.177 e. The van der Waals surface area contributed by atoms with Crippen molar-refractivity contribution in [2.24, 2.45) is 5.41 Å². The summed E-state index contributed by atoms with van der Waals surface area (Å²) in [4.78, 5) is 0. The summed E-state index contributed by atoms with van der Waals surface area (Å²) in [5.41, 5.74) is -0.396. The summed E-state index contributed by atoms with van der Waals surface area (Å²) in [6.07, 6.45) is 6.27. The molecule has 0 unspecified atom stereocenters. The number of rotatable bonds is 4. The largest absolute Gasteiger partial charge is 0.388 e. The van der Waals surface area contributed by atoms with Gasteiger partial charge >= 0.3 is 0 Å². The van der Waals surface area contributed by atoms with Crippen LogP contribution in [0.1, 0.15) is 25.7 Å². The Labute approximate surface area is 96.7 Å². The molecule has 2 atom stereocenters. The minimum absolute atomic E-state index is 0.396. The summed E-state index contributed by atoms with van der Waals surface area (Å²) >= 11 is 0. The van der Waals surface area contributed by atoms with Crippen LogP contribution in [0.15, 0.2) is 25.3 Å². The summed E-state index contributed by atoms with van der Waals surface area (Å²) in [5.74, 6) is -0.616. The zero-order valence-corrected chi connectivity index (χ0v) is 9.65. The highest BCUT2D eigenvalue weighted by Gasteiger charge is 2.61. The summed E-state index contributed by atoms with van der Waals surface area (Å²) < 4.78 is 11.6. The van der Waals surface area contributed by atoms with Crippen LogP contribution in [0.4, 0.5) is 0 Å². The fourth-order valence-electron chi connectivity index (χ4n) is 3.20. The number of ether oxygens (including phenoxy) is 2. The van der Waals surface area contributed by atoms with Crippen molar-refractivity contribution in [1.82, 2.24) is 0 Å². The Morgan fingerprint density at radius 3 is 2.50 bits per heavy atom. The van der Waals surface area contributed by atoms with Gasteiger partial charge in [0.1, 0.15) is 0 Å². The number of aliphatic hydroxyl groups excluding tert-OH is 1. The van der Waals surface area contributed by atoms with Gasteiger partial charge in [-0.2, -0.15) is 0 Å². The van der Waals surface area contributed by atoms with E-state index in [2.05, 4.69) is 13.2 Å². The van der Waals surface area contributed by atoms with Gasteiger partial charge in [0.05, 0.1) is 24.7 Å². The zero-order valence-electron chi connectivity index (χ0n) is 9.65. The third-order valence-corrected chi connectivity index (χ3v) is 3.94. The van der Waals surface area contributed by atoms with Gasteiger partial charge in [0.2, 0.25) is 0 Å². The van der Waals surface area contributed by atoms with Crippen LogP contribution in [0.5, 0.6) is 0 Å². The van der Waals surface area contributed by atoms with Crippen LogP contribution in [0, 0.1) is 5.41 Å². The standard InChI is InChI=1S/C13H20O3/c1-3-6-12(11(14)4-2)7-5-8-13(12)15-9-10-16-13/h3-4,11,14H,1-2,5-10H2/t11-,12-/m0/s1. The van der Waals surface area contributed by atoms with Crippen LogP contribution >= 0.6 is 0 Å². The molecule has 1 N–H and O–H groups in total. The van der Waals surface area contributed by atoms with E-state index in [0.29, 0.717) is 19.6 Å². The van der Waals surface area contributed by atoms with Crippen LogP contribution < -0.4 is 0 Å². The van der Waals surface area contributed by atoms with Gasteiger partial charge in [-0.3, -0.25) is 0 Å². The summed E-state index contributed by atoms with van der Waals surface area (Å²) in [7, 11) is 0. The molecule has 1 aliphatic carbocycles. The second kappa shape index (κ2) is 4.32. The smallest absolute Gasteiger partial charge is 0.177 e. The number of aliphatic hydroxyl groups is 1. The van der Waals surface area contributed by atoms with Gasteiger partial charge in [0.25, 0.3) is 0 Å². The average molecular weight is 224 g/mol. The third kappa shape index (κ3) is 1.46. The van der Waals surface area contributed by atoms with Crippen molar-refractivity contribution in [1.29, 1.82) is 0 Å². The predicted molar refractivity (Wildman–Crippen MR) is 61.9 cm³/mol. The van der Waals surface area contributed by atoms with Gasteiger partial charge in [-0.15, -0.1) is 13.2 Å². The third-order valence-electron chi connectivity index (χ3n) is 3.94. The Morgan fingerprint density at radius 2 is 1.94 bits per heavy atom. The van der Waals surface area contributed by atoms with E-state index < -0.39 is 17.3 Å². The van der Waals surface area contributed by atoms with Crippen molar-refractivity contribution in [3.05, 3.63) is 25.3 Å². The molecular weight excluding hydrogens is 204 g/mol. The van der Waals surface area contributed by atoms with Crippen LogP contribution in [0.3, 0.4) is 0 Å². The molecular formula is C13H20O3. The molecule has 90 valence electrons. The van der Waals surface area contributed by atoms with Gasteiger partial charge in [-0.05, 0) is 19.3 Å². The molecule has 0 radical (unpaired) electrons. The second-order valence-electron chi connectivity index (χ2n) is 4.63. The van der Waals surface area contributed by atoms with Gasteiger partial charge in [-0.25, -0.2) is 0 Å². The zero-order chi connectivity index (χ0) is 11.6. The van der Waals surface area contributed by atoms with E-state index in [1.165, 1.54) is 0 Å². The Morgan fingerprint density at radius 1 is 1.25 bits per heavy atom. The highest BCUT2D eigenvalue weighted by molar-refractivity contribution is 5.11. The molecule has 1 saturated heterocycles. The van der Waals surface area contributed by atoms with Crippen LogP contribution in [0.2, 0.25) is 0 Å². The maximum absolute atomic E-state index is 10.2. The van der Waals surface area contributed by atoms with E-state index in [1.807, 2.05) is 6.08 Å². The van der Waals surface area contributed by atoms with E-state index in [-0.39, 0.29) is 0 Å². The molecule has 1 heterocycles. The highest BCUT2D eigenvalue weighted by Crippen LogP contribution is 2.55. The maximum atomic E-state index is 10.2. The topological polar surface area (TPSA) is 38.7 Å². The summed E-state index contributed by atoms with van der Waals surface area (Å²) in [6.45, 7) is 8.70. The lowest BCUT2D eigenvalue weighted by Gasteiger charge is -2.43. The monoisotopic (exact) mass is 224 g/mol. The van der Waals surface area contributed by atoms with Gasteiger partial charge in [0, 0.05) is 6.42 Å². The lowest BCUT2D eigenvalue weighted by atomic mass is 9.73. The Hall–Kier alpha value is -0.640. The quantitative estimate of drug-likeness (QED) is 0.742. The molecule has 3 nitrogen and oxygen atoms in total. The van der Waals surface area contributed by atoms with Crippen molar-refractivity contribution < 1.29 is 14.6 Å². The molecule has 1 aliphatic heterocycles. The molecule has 2 aliphatic rings. The van der Waals surface area contributed by atoms with Crippen molar-refractivity contribution in [2.45, 2.75) is 37.6 Å². The predicted octanol–water partition coefficient (Wildman–Crippen LogP) is 2.02. The average Bonchev–Trinajstić information content (AvgIpc) is 2.89. The Kier molecular flexibility index (Phi) is 3.19. The van der Waals surface area contributed by atoms with Gasteiger partial charge in [0.15, 0.2) is 5.79 Å². The van der Waals surface area contributed by atoms with Crippen LogP contribution in [-0.2, 0) is 9.47 Å². The van der Waals surface area contributed by atoms with Crippen molar-refractivity contribution in [3.8, 4) is 0 Å². The lowest BCUT2D eigenvalue weighted by Crippen LogP contribution is -2.51. The molecule has 0 aromatic rings. The Bertz CT molecular complexity index is 275. The molecule has 1 spiro atoms. The van der Waals surface area contributed by atoms with E-state index in [4.69, 9.17) is 9.47 Å². The second-order valence-corrected chi connectivity index (χ2v) is 4.63. The molecule has 1 saturated carbocycles. The van der Waals surface area contributed by atoms with E-state index in [9.17, 15) is 5.11 Å². The fraction of sp³-hybridized carbons (Fsp3) is 0.692. The fourth-order valence-corrected chi connectivity index (χ4v) is 3.20. The van der Waals surface area contributed by atoms with Crippen LogP contribution in [0.25, 0.3) is 0 Å². The molecule has 0 aromatic carbocycles. The highest BCUT2D eigenvalue weighted by atomic mass is 16.7. The van der Waals surface area contributed by atoms with Crippen molar-refractivity contribution >= 4 is 0 Å². The first-order valence-corrected chi connectivity index (χ1v) is 5.90. The van der Waals surface area contributed by atoms with E-state index >= 15 is 0 Å². The molecule has 0 amide bonds. The van der Waals surface area contributed by atoms with Gasteiger partial charge in [-0.1, -0.05) is 12.2 Å². The van der Waals surface area contributed by atoms with Crippen molar-refractivity contribution in [3.63, 3.8) is 0 Å². The first-order valence-electron chi connectivity index (χ1n) is 5.90. The number of hydrogen-bond donors (Lipinski definition) is 1. The van der Waals surface area contributed by atoms with E-state index in [0.717, 1.165) is 19.3 Å².